The molecule has 1 saturated heterocycles. The van der Waals surface area contributed by atoms with Gasteiger partial charge < -0.3 is 32.8 Å². The van der Waals surface area contributed by atoms with Gasteiger partial charge in [0.05, 0.1) is 16.5 Å². The molecular formula is C32H52N4O13P2. The molecule has 2 unspecified atom stereocenters. The Balaban J connectivity index is 2.08. The number of methoxy groups -OCH3 is 1. The summed E-state index contributed by atoms with van der Waals surface area (Å²) in [5.41, 5.74) is -5.77. The molecule has 1 aliphatic heterocycles. The van der Waals surface area contributed by atoms with Crippen LogP contribution in [-0.4, -0.2) is 96.6 Å². The van der Waals surface area contributed by atoms with Gasteiger partial charge in [-0.05, 0) is 60.8 Å². The maximum absolute atomic E-state index is 14.7. The average Bonchev–Trinajstić information content (AvgIpc) is 3.70. The van der Waals surface area contributed by atoms with Gasteiger partial charge in [0.15, 0.2) is 6.23 Å². The van der Waals surface area contributed by atoms with Crippen molar-refractivity contribution < 1.29 is 51.2 Å². The van der Waals surface area contributed by atoms with Crippen LogP contribution in [-0.2, 0) is 51.2 Å². The molecule has 0 amide bonds. The molecular weight excluding hydrogens is 710 g/mol. The normalized spacial score (nSPS) is 24.0. The molecule has 0 radical (unpaired) electrons. The van der Waals surface area contributed by atoms with Crippen molar-refractivity contribution in [3.63, 3.8) is 0 Å². The minimum atomic E-state index is -4.39. The summed E-state index contributed by atoms with van der Waals surface area (Å²) < 4.78 is 65.2. The van der Waals surface area contributed by atoms with E-state index < -0.39 is 93.4 Å². The van der Waals surface area contributed by atoms with Crippen molar-refractivity contribution in [1.82, 2.24) is 14.2 Å². The van der Waals surface area contributed by atoms with Gasteiger partial charge in [-0.15, -0.1) is 0 Å². The van der Waals surface area contributed by atoms with E-state index >= 15 is 0 Å². The Morgan fingerprint density at radius 1 is 1.08 bits per heavy atom. The third kappa shape index (κ3) is 10.8. The van der Waals surface area contributed by atoms with Crippen molar-refractivity contribution in [3.05, 3.63) is 44.5 Å². The quantitative estimate of drug-likeness (QED) is 0.0678. The lowest BCUT2D eigenvalue weighted by atomic mass is 9.98. The van der Waals surface area contributed by atoms with Crippen molar-refractivity contribution in [2.75, 3.05) is 46.9 Å². The number of aromatic nitrogens is 2. The third-order valence-corrected chi connectivity index (χ3v) is 12.0. The van der Waals surface area contributed by atoms with E-state index in [1.54, 1.807) is 41.5 Å². The maximum atomic E-state index is 14.7. The van der Waals surface area contributed by atoms with E-state index in [-0.39, 0.29) is 19.6 Å². The number of esters is 2. The lowest BCUT2D eigenvalue weighted by Crippen LogP contribution is -2.41. The summed E-state index contributed by atoms with van der Waals surface area (Å²) in [6.45, 7) is 21.0. The summed E-state index contributed by atoms with van der Waals surface area (Å²) in [5.74, 6) is -1.24. The predicted molar refractivity (Wildman–Crippen MR) is 185 cm³/mol. The van der Waals surface area contributed by atoms with Crippen LogP contribution in [0.3, 0.4) is 0 Å². The summed E-state index contributed by atoms with van der Waals surface area (Å²) in [4.78, 5) is 55.6. The van der Waals surface area contributed by atoms with Crippen LogP contribution in [0.5, 0.6) is 0 Å². The second-order valence-corrected chi connectivity index (χ2v) is 18.0. The van der Waals surface area contributed by atoms with Crippen LogP contribution in [0.2, 0.25) is 0 Å². The Bertz CT molecular complexity index is 1510. The van der Waals surface area contributed by atoms with Crippen molar-refractivity contribution >= 4 is 28.1 Å². The maximum Gasteiger partial charge on any atom is 0.342 e. The molecule has 19 heteroatoms. The Morgan fingerprint density at radius 2 is 1.65 bits per heavy atom. The fourth-order valence-electron chi connectivity index (χ4n) is 5.26. The fraction of sp³-hybridized carbons (Fsp3) is 0.781. The number of nitrogens with one attached hydrogen (secondary N) is 1. The number of aromatic amines is 1. The van der Waals surface area contributed by atoms with E-state index in [2.05, 4.69) is 9.83 Å². The van der Waals surface area contributed by atoms with Crippen LogP contribution in [0.4, 0.5) is 0 Å². The molecule has 288 valence electrons. The lowest BCUT2D eigenvalue weighted by Gasteiger charge is -2.34. The molecule has 1 spiro atoms. The van der Waals surface area contributed by atoms with Gasteiger partial charge >= 0.3 is 25.2 Å². The molecule has 0 aromatic carbocycles. The Kier molecular flexibility index (Phi) is 15.2. The number of H-pyrrole nitrogens is 1. The zero-order valence-electron chi connectivity index (χ0n) is 30.9. The smallest absolute Gasteiger partial charge is 0.342 e. The first kappa shape index (κ1) is 42.9. The van der Waals surface area contributed by atoms with E-state index in [1.807, 2.05) is 18.5 Å². The number of hydrogen-bond donors (Lipinski definition) is 1. The average molecular weight is 763 g/mol. The molecule has 51 heavy (non-hydrogen) atoms. The van der Waals surface area contributed by atoms with Crippen LogP contribution < -0.4 is 11.2 Å². The molecule has 6 atom stereocenters. The molecule has 2 fully saturated rings. The Labute approximate surface area is 299 Å². The summed E-state index contributed by atoms with van der Waals surface area (Å²) in [5, 5.41) is 0. The largest absolute Gasteiger partial charge is 0.438 e. The van der Waals surface area contributed by atoms with E-state index in [9.17, 15) is 23.7 Å². The molecule has 3 rings (SSSR count). The number of rotatable bonds is 19. The van der Waals surface area contributed by atoms with Gasteiger partial charge in [0, 0.05) is 32.5 Å². The molecule has 1 N–H and O–H groups in total. The molecule has 17 nitrogen and oxygen atoms in total. The van der Waals surface area contributed by atoms with Crippen LogP contribution in [0.15, 0.2) is 21.9 Å². The van der Waals surface area contributed by atoms with Gasteiger partial charge in [-0.1, -0.05) is 13.8 Å². The van der Waals surface area contributed by atoms with Gasteiger partial charge in [-0.3, -0.25) is 37.5 Å². The fourth-order valence-corrected chi connectivity index (χ4v) is 9.16. The standard InChI is InChI=1S/C32H52N4O13P2/c1-11-15-35(16-12-2)50(45-18-14-33-9)49-25-24(42-10)26(36-17-13-23(37)34-29(36)40)48-32(25)19-22(32)51(41,46-20-43-27(38)30(3,4)5)47-21-44-28(39)31(6,7)8/h13,17,22,24-26H,11-12,14-16,18-21H2,1-8,10H3,(H,34,37,40)/t22?,24-,25+,26-,32-,50?/m1/s1. The molecule has 1 aromatic heterocycles. The SMILES string of the molecule is [C-]#[N+]CCOP(O[C@H]1[C@@H](OC)[C@H](n2ccc(=O)[nH]c2=O)O[C@@]12CC2P(=O)(OCOC(=O)C(C)(C)C)OCOC(=O)C(C)(C)C)N(CCC)CCC. The van der Waals surface area contributed by atoms with Crippen LogP contribution in [0.25, 0.3) is 4.85 Å². The highest BCUT2D eigenvalue weighted by Crippen LogP contribution is 2.73. The first-order chi connectivity index (χ1) is 23.9. The number of hydrogen-bond acceptors (Lipinski definition) is 14. The van der Waals surface area contributed by atoms with Crippen LogP contribution in [0, 0.1) is 17.4 Å². The Morgan fingerprint density at radius 3 is 2.12 bits per heavy atom. The highest BCUT2D eigenvalue weighted by molar-refractivity contribution is 7.55. The van der Waals surface area contributed by atoms with Gasteiger partial charge in [-0.25, -0.2) is 16.0 Å². The molecule has 1 aromatic rings. The molecule has 1 saturated carbocycles. The first-order valence-electron chi connectivity index (χ1n) is 16.8. The zero-order valence-corrected chi connectivity index (χ0v) is 32.7. The van der Waals surface area contributed by atoms with Gasteiger partial charge in [0.25, 0.3) is 14.1 Å². The van der Waals surface area contributed by atoms with Gasteiger partial charge in [0.2, 0.25) is 20.1 Å². The third-order valence-electron chi connectivity index (χ3n) is 7.97. The first-order valence-corrected chi connectivity index (χ1v) is 19.6. The number of ether oxygens (including phenoxy) is 4. The molecule has 0 bridgehead atoms. The summed E-state index contributed by atoms with van der Waals surface area (Å²) >= 11 is 0. The summed E-state index contributed by atoms with van der Waals surface area (Å²) in [6, 6.07) is 1.15. The molecule has 2 aliphatic rings. The molecule has 1 aliphatic carbocycles. The number of carbonyl (C=O) groups excluding carboxylic acids is 2. The highest BCUT2D eigenvalue weighted by atomic mass is 31.2. The summed E-state index contributed by atoms with van der Waals surface area (Å²) in [6.07, 6.45) is -0.494. The summed E-state index contributed by atoms with van der Waals surface area (Å²) in [7, 11) is -4.85. The zero-order chi connectivity index (χ0) is 38.2. The van der Waals surface area contributed by atoms with E-state index in [4.69, 9.17) is 43.6 Å². The second-order valence-electron chi connectivity index (χ2n) is 14.2. The lowest BCUT2D eigenvalue weighted by molar-refractivity contribution is -0.162. The van der Waals surface area contributed by atoms with E-state index in [1.165, 1.54) is 13.3 Å². The topological polar surface area (TPSA) is 188 Å². The van der Waals surface area contributed by atoms with Crippen molar-refractivity contribution in [2.24, 2.45) is 10.8 Å². The minimum absolute atomic E-state index is 0.00335. The van der Waals surface area contributed by atoms with Gasteiger partial charge in [-0.2, -0.15) is 0 Å². The van der Waals surface area contributed by atoms with Crippen molar-refractivity contribution in [2.45, 2.75) is 104 Å². The minimum Gasteiger partial charge on any atom is -0.438 e. The monoisotopic (exact) mass is 762 g/mol. The molecule has 2 heterocycles. The van der Waals surface area contributed by atoms with Crippen LogP contribution in [0.1, 0.15) is 80.9 Å². The number of carbonyl (C=O) groups is 2. The van der Waals surface area contributed by atoms with Gasteiger partial charge in [0.1, 0.15) is 24.4 Å². The second kappa shape index (κ2) is 18.0. The number of nitrogens with zero attached hydrogens (tertiary/aromatic N) is 3. The predicted octanol–water partition coefficient (Wildman–Crippen LogP) is 4.58. The van der Waals surface area contributed by atoms with Crippen molar-refractivity contribution in [3.8, 4) is 0 Å². The van der Waals surface area contributed by atoms with E-state index in [0.717, 1.165) is 23.5 Å². The van der Waals surface area contributed by atoms with E-state index in [0.29, 0.717) is 13.1 Å². The van der Waals surface area contributed by atoms with Crippen molar-refractivity contribution in [1.29, 1.82) is 0 Å². The van der Waals surface area contributed by atoms with Crippen LogP contribution >= 0.6 is 16.1 Å². The highest BCUT2D eigenvalue weighted by Gasteiger charge is 2.77. The Hall–Kier alpha value is -2.51.